The molecule has 0 aliphatic carbocycles. The van der Waals surface area contributed by atoms with Crippen LogP contribution in [-0.2, 0) is 0 Å². The Morgan fingerprint density at radius 2 is 1.36 bits per heavy atom. The molecule has 1 aliphatic heterocycles. The summed E-state index contributed by atoms with van der Waals surface area (Å²) in [5, 5.41) is 15.4. The van der Waals surface area contributed by atoms with Crippen molar-refractivity contribution in [3.63, 3.8) is 0 Å². The number of nitrogens with one attached hydrogen (secondary N) is 1. The highest BCUT2D eigenvalue weighted by molar-refractivity contribution is 5.38. The first kappa shape index (κ1) is 18.5. The molecule has 2 heteroatoms. The molecule has 1 fully saturated rings. The quantitative estimate of drug-likeness (QED) is 0.633. The summed E-state index contributed by atoms with van der Waals surface area (Å²) >= 11 is 0. The van der Waals surface area contributed by atoms with E-state index in [9.17, 15) is 5.11 Å². The first-order valence-electron chi connectivity index (χ1n) is 9.82. The zero-order valence-electron chi connectivity index (χ0n) is 16.0. The third kappa shape index (κ3) is 3.87. The lowest BCUT2D eigenvalue weighted by Crippen LogP contribution is -2.51. The third-order valence-corrected chi connectivity index (χ3v) is 5.71. The van der Waals surface area contributed by atoms with Gasteiger partial charge < -0.3 is 10.4 Å². The molecule has 4 atom stereocenters. The number of rotatable bonds is 2. The summed E-state index contributed by atoms with van der Waals surface area (Å²) in [5.74, 6) is 6.38. The molecule has 3 aromatic rings. The molecular formula is C26H25NO. The normalized spacial score (nSPS) is 26.9. The van der Waals surface area contributed by atoms with E-state index in [4.69, 9.17) is 0 Å². The highest BCUT2D eigenvalue weighted by Gasteiger charge is 2.45. The molecule has 0 radical (unpaired) electrons. The molecule has 0 aromatic heterocycles. The van der Waals surface area contributed by atoms with Crippen molar-refractivity contribution < 1.29 is 5.11 Å². The maximum Gasteiger partial charge on any atom is 0.132 e. The van der Waals surface area contributed by atoms with Crippen molar-refractivity contribution in [3.8, 4) is 11.8 Å². The fourth-order valence-electron chi connectivity index (χ4n) is 4.00. The van der Waals surface area contributed by atoms with Crippen molar-refractivity contribution in [3.05, 3.63) is 108 Å². The van der Waals surface area contributed by atoms with E-state index in [0.717, 1.165) is 5.56 Å². The summed E-state index contributed by atoms with van der Waals surface area (Å²) in [4.78, 5) is 0. The number of hydrogen-bond donors (Lipinski definition) is 2. The Morgan fingerprint density at radius 3 is 1.96 bits per heavy atom. The van der Waals surface area contributed by atoms with Crippen LogP contribution in [0.5, 0.6) is 0 Å². The van der Waals surface area contributed by atoms with Crippen LogP contribution in [0.3, 0.4) is 0 Å². The van der Waals surface area contributed by atoms with Gasteiger partial charge >= 0.3 is 0 Å². The molecule has 0 bridgehead atoms. The Morgan fingerprint density at radius 1 is 0.821 bits per heavy atom. The predicted octanol–water partition coefficient (Wildman–Crippen LogP) is 4.88. The largest absolute Gasteiger partial charge is 0.377 e. The van der Waals surface area contributed by atoms with E-state index in [1.54, 1.807) is 0 Å². The number of aliphatic hydroxyl groups is 1. The molecule has 4 rings (SSSR count). The summed E-state index contributed by atoms with van der Waals surface area (Å²) in [7, 11) is 0. The average Bonchev–Trinajstić information content (AvgIpc) is 2.76. The lowest BCUT2D eigenvalue weighted by atomic mass is 9.72. The van der Waals surface area contributed by atoms with E-state index >= 15 is 0 Å². The van der Waals surface area contributed by atoms with Gasteiger partial charge in [0.05, 0.1) is 0 Å². The first-order valence-corrected chi connectivity index (χ1v) is 9.82. The minimum Gasteiger partial charge on any atom is -0.377 e. The van der Waals surface area contributed by atoms with E-state index < -0.39 is 5.60 Å². The zero-order chi connectivity index (χ0) is 19.4. The van der Waals surface area contributed by atoms with Gasteiger partial charge in [0.25, 0.3) is 0 Å². The van der Waals surface area contributed by atoms with E-state index in [0.29, 0.717) is 6.42 Å². The maximum absolute atomic E-state index is 11.7. The molecule has 3 aromatic carbocycles. The molecule has 2 nitrogen and oxygen atoms in total. The summed E-state index contributed by atoms with van der Waals surface area (Å²) < 4.78 is 0. The van der Waals surface area contributed by atoms with E-state index in [-0.39, 0.29) is 18.0 Å². The van der Waals surface area contributed by atoms with E-state index in [1.165, 1.54) is 11.1 Å². The minimum atomic E-state index is -1.08. The number of hydrogen-bond acceptors (Lipinski definition) is 2. The van der Waals surface area contributed by atoms with E-state index in [2.05, 4.69) is 48.3 Å². The SMILES string of the molecule is C[C@@H]1[C@H](c2ccccc2)N[C@H](c2ccccc2)C[C@]1(O)C#Cc1ccccc1. The molecule has 1 heterocycles. The van der Waals surface area contributed by atoms with Crippen LogP contribution in [0.4, 0.5) is 0 Å². The monoisotopic (exact) mass is 367 g/mol. The minimum absolute atomic E-state index is 0.0234. The fourth-order valence-corrected chi connectivity index (χ4v) is 4.00. The Hall–Kier alpha value is -2.86. The standard InChI is InChI=1S/C26H25NO/c1-20-25(23-15-9-4-10-16-23)27-24(22-13-7-3-8-14-22)19-26(20,28)18-17-21-11-5-2-6-12-21/h2-16,20,24-25,27-28H,19H2,1H3/t20-,24+,25-,26-/m1/s1. The smallest absolute Gasteiger partial charge is 0.132 e. The van der Waals surface area contributed by atoms with Gasteiger partial charge in [-0.3, -0.25) is 0 Å². The molecule has 140 valence electrons. The Labute approximate surface area is 167 Å². The van der Waals surface area contributed by atoms with Crippen LogP contribution in [-0.4, -0.2) is 10.7 Å². The summed E-state index contributed by atoms with van der Waals surface area (Å²) in [5.41, 5.74) is 2.20. The summed E-state index contributed by atoms with van der Waals surface area (Å²) in [6, 6.07) is 30.6. The summed E-state index contributed by atoms with van der Waals surface area (Å²) in [6.45, 7) is 2.09. The van der Waals surface area contributed by atoms with Gasteiger partial charge in [0.2, 0.25) is 0 Å². The third-order valence-electron chi connectivity index (χ3n) is 5.71. The van der Waals surface area contributed by atoms with Crippen molar-refractivity contribution in [2.24, 2.45) is 5.92 Å². The second-order valence-electron chi connectivity index (χ2n) is 7.55. The lowest BCUT2D eigenvalue weighted by Gasteiger charge is -2.45. The molecule has 2 N–H and O–H groups in total. The molecular weight excluding hydrogens is 342 g/mol. The molecule has 0 amide bonds. The predicted molar refractivity (Wildman–Crippen MR) is 114 cm³/mol. The first-order chi connectivity index (χ1) is 13.7. The van der Waals surface area contributed by atoms with Crippen LogP contribution in [0.15, 0.2) is 91.0 Å². The second kappa shape index (κ2) is 8.02. The molecule has 0 saturated carbocycles. The highest BCUT2D eigenvalue weighted by Crippen LogP contribution is 2.42. The van der Waals surface area contributed by atoms with Crippen LogP contribution in [0, 0.1) is 17.8 Å². The highest BCUT2D eigenvalue weighted by atomic mass is 16.3. The molecule has 1 aliphatic rings. The molecule has 28 heavy (non-hydrogen) atoms. The van der Waals surface area contributed by atoms with Crippen molar-refractivity contribution in [2.45, 2.75) is 31.0 Å². The topological polar surface area (TPSA) is 32.3 Å². The fraction of sp³-hybridized carbons (Fsp3) is 0.231. The molecule has 1 saturated heterocycles. The van der Waals surface area contributed by atoms with E-state index in [1.807, 2.05) is 66.7 Å². The number of benzene rings is 3. The van der Waals surface area contributed by atoms with Gasteiger partial charge in [-0.1, -0.05) is 97.6 Å². The van der Waals surface area contributed by atoms with Gasteiger partial charge in [0.15, 0.2) is 0 Å². The zero-order valence-corrected chi connectivity index (χ0v) is 16.0. The Bertz CT molecular complexity index is 959. The Balaban J connectivity index is 1.72. The van der Waals surface area contributed by atoms with Crippen LogP contribution < -0.4 is 5.32 Å². The van der Waals surface area contributed by atoms with Crippen molar-refractivity contribution in [1.82, 2.24) is 5.32 Å². The van der Waals surface area contributed by atoms with Gasteiger partial charge in [-0.25, -0.2) is 0 Å². The van der Waals surface area contributed by atoms with Crippen LogP contribution in [0.2, 0.25) is 0 Å². The molecule has 0 unspecified atom stereocenters. The van der Waals surface area contributed by atoms with Crippen molar-refractivity contribution in [1.29, 1.82) is 0 Å². The lowest BCUT2D eigenvalue weighted by molar-refractivity contribution is -0.0196. The molecule has 0 spiro atoms. The van der Waals surface area contributed by atoms with Gasteiger partial charge in [-0.05, 0) is 23.3 Å². The van der Waals surface area contributed by atoms with Gasteiger partial charge in [0, 0.05) is 30.0 Å². The summed E-state index contributed by atoms with van der Waals surface area (Å²) in [6.07, 6.45) is 0.557. The van der Waals surface area contributed by atoms with Crippen LogP contribution in [0.25, 0.3) is 0 Å². The van der Waals surface area contributed by atoms with Crippen molar-refractivity contribution in [2.75, 3.05) is 0 Å². The van der Waals surface area contributed by atoms with Crippen molar-refractivity contribution >= 4 is 0 Å². The maximum atomic E-state index is 11.7. The average molecular weight is 367 g/mol. The Kier molecular flexibility index (Phi) is 5.30. The van der Waals surface area contributed by atoms with Crippen LogP contribution in [0.1, 0.15) is 42.1 Å². The second-order valence-corrected chi connectivity index (χ2v) is 7.55. The van der Waals surface area contributed by atoms with Crippen LogP contribution >= 0.6 is 0 Å². The van der Waals surface area contributed by atoms with Gasteiger partial charge in [-0.2, -0.15) is 0 Å². The van der Waals surface area contributed by atoms with Gasteiger partial charge in [0.1, 0.15) is 5.60 Å². The number of piperidine rings is 1. The van der Waals surface area contributed by atoms with Gasteiger partial charge in [-0.15, -0.1) is 0 Å².